The van der Waals surface area contributed by atoms with Gasteiger partial charge in [-0.2, -0.15) is 0 Å². The van der Waals surface area contributed by atoms with E-state index in [0.29, 0.717) is 6.54 Å². The molecular formula is C12H21N2O2+. The summed E-state index contributed by atoms with van der Waals surface area (Å²) in [6, 6.07) is 0. The second kappa shape index (κ2) is 5.68. The summed E-state index contributed by atoms with van der Waals surface area (Å²) in [7, 11) is 0. The van der Waals surface area contributed by atoms with E-state index in [1.165, 1.54) is 6.42 Å². The highest BCUT2D eigenvalue weighted by atomic mass is 16.4. The van der Waals surface area contributed by atoms with Crippen LogP contribution >= 0.6 is 0 Å². The standard InChI is InChI=1S/C12H20N2O2/c1-4-5-6-13-7-8-14(11(13)3)9-10(2)12(15)16/h7-8,10H,4-6,9H2,1-3H3/p+1. The number of hydrogen-bond acceptors (Lipinski definition) is 1. The Labute approximate surface area is 96.5 Å². The van der Waals surface area contributed by atoms with E-state index in [0.717, 1.165) is 18.8 Å². The number of imidazole rings is 1. The molecule has 4 nitrogen and oxygen atoms in total. The van der Waals surface area contributed by atoms with Crippen molar-refractivity contribution in [2.45, 2.75) is 46.7 Å². The second-order valence-corrected chi connectivity index (χ2v) is 4.28. The predicted octanol–water partition coefficient (Wildman–Crippen LogP) is 1.60. The Balaban J connectivity index is 2.68. The van der Waals surface area contributed by atoms with Gasteiger partial charge in [-0.25, -0.2) is 9.13 Å². The van der Waals surface area contributed by atoms with E-state index in [-0.39, 0.29) is 5.92 Å². The molecule has 0 bridgehead atoms. The molecule has 0 aliphatic carbocycles. The molecule has 1 rings (SSSR count). The molecule has 1 atom stereocenters. The van der Waals surface area contributed by atoms with Crippen LogP contribution in [0.1, 0.15) is 32.5 Å². The zero-order valence-electron chi connectivity index (χ0n) is 10.3. The van der Waals surface area contributed by atoms with Crippen molar-refractivity contribution in [3.63, 3.8) is 0 Å². The van der Waals surface area contributed by atoms with Gasteiger partial charge in [0.1, 0.15) is 18.9 Å². The molecule has 4 heteroatoms. The number of carbonyl (C=O) groups is 1. The van der Waals surface area contributed by atoms with Gasteiger partial charge in [-0.3, -0.25) is 4.79 Å². The summed E-state index contributed by atoms with van der Waals surface area (Å²) in [5.41, 5.74) is 0. The lowest BCUT2D eigenvalue weighted by atomic mass is 10.2. The Morgan fingerprint density at radius 2 is 2.31 bits per heavy atom. The minimum Gasteiger partial charge on any atom is -0.481 e. The normalized spacial score (nSPS) is 12.7. The fraction of sp³-hybridized carbons (Fsp3) is 0.667. The lowest BCUT2D eigenvalue weighted by Gasteiger charge is -2.04. The minimum absolute atomic E-state index is 0.342. The van der Waals surface area contributed by atoms with E-state index in [2.05, 4.69) is 11.5 Å². The molecule has 90 valence electrons. The van der Waals surface area contributed by atoms with Gasteiger partial charge < -0.3 is 5.11 Å². The zero-order chi connectivity index (χ0) is 12.1. The summed E-state index contributed by atoms with van der Waals surface area (Å²) in [5, 5.41) is 8.86. The summed E-state index contributed by atoms with van der Waals surface area (Å²) in [4.78, 5) is 10.8. The van der Waals surface area contributed by atoms with Gasteiger partial charge in [0.05, 0.1) is 12.5 Å². The molecule has 16 heavy (non-hydrogen) atoms. The van der Waals surface area contributed by atoms with Gasteiger partial charge in [-0.1, -0.05) is 13.3 Å². The van der Waals surface area contributed by atoms with Gasteiger partial charge in [0.25, 0.3) is 5.82 Å². The Bertz CT molecular complexity index is 358. The van der Waals surface area contributed by atoms with Crippen LogP contribution in [-0.2, 0) is 17.9 Å². The average Bonchev–Trinajstić information content (AvgIpc) is 2.57. The molecule has 0 aliphatic heterocycles. The summed E-state index contributed by atoms with van der Waals surface area (Å²) in [6.07, 6.45) is 6.32. The molecule has 0 saturated carbocycles. The molecule has 1 aromatic heterocycles. The van der Waals surface area contributed by atoms with E-state index in [1.54, 1.807) is 6.92 Å². The van der Waals surface area contributed by atoms with Crippen molar-refractivity contribution in [3.05, 3.63) is 18.2 Å². The number of aliphatic carboxylic acids is 1. The van der Waals surface area contributed by atoms with E-state index < -0.39 is 5.97 Å². The number of rotatable bonds is 6. The second-order valence-electron chi connectivity index (χ2n) is 4.28. The van der Waals surface area contributed by atoms with Crippen molar-refractivity contribution in [1.29, 1.82) is 0 Å². The number of nitrogens with zero attached hydrogens (tertiary/aromatic N) is 2. The third-order valence-corrected chi connectivity index (χ3v) is 2.90. The summed E-state index contributed by atoms with van der Waals surface area (Å²) >= 11 is 0. The highest BCUT2D eigenvalue weighted by Crippen LogP contribution is 2.01. The maximum Gasteiger partial charge on any atom is 0.310 e. The third-order valence-electron chi connectivity index (χ3n) is 2.90. The van der Waals surface area contributed by atoms with Crippen LogP contribution in [-0.4, -0.2) is 15.6 Å². The fourth-order valence-corrected chi connectivity index (χ4v) is 1.67. The Kier molecular flexibility index (Phi) is 4.52. The van der Waals surface area contributed by atoms with Crippen molar-refractivity contribution in [1.82, 2.24) is 4.57 Å². The Morgan fingerprint density at radius 3 is 2.88 bits per heavy atom. The van der Waals surface area contributed by atoms with Gasteiger partial charge in [0.15, 0.2) is 0 Å². The van der Waals surface area contributed by atoms with E-state index in [4.69, 9.17) is 5.11 Å². The molecule has 1 unspecified atom stereocenters. The lowest BCUT2D eigenvalue weighted by Crippen LogP contribution is -2.40. The van der Waals surface area contributed by atoms with Crippen LogP contribution < -0.4 is 4.57 Å². The van der Waals surface area contributed by atoms with Gasteiger partial charge >= 0.3 is 5.97 Å². The maximum absolute atomic E-state index is 10.8. The number of carboxylic acids is 1. The number of aryl methyl sites for hydroxylation is 1. The molecule has 0 amide bonds. The molecule has 0 saturated heterocycles. The molecule has 0 aromatic carbocycles. The quantitative estimate of drug-likeness (QED) is 0.747. The van der Waals surface area contributed by atoms with Crippen LogP contribution in [0.4, 0.5) is 0 Å². The summed E-state index contributed by atoms with van der Waals surface area (Å²) in [5.74, 6) is 0.0421. The number of aromatic nitrogens is 2. The van der Waals surface area contributed by atoms with Crippen molar-refractivity contribution in [3.8, 4) is 0 Å². The van der Waals surface area contributed by atoms with E-state index in [9.17, 15) is 4.79 Å². The zero-order valence-corrected chi connectivity index (χ0v) is 10.3. The van der Waals surface area contributed by atoms with Gasteiger partial charge in [0, 0.05) is 6.92 Å². The minimum atomic E-state index is -0.742. The van der Waals surface area contributed by atoms with Gasteiger partial charge in [-0.05, 0) is 13.3 Å². The largest absolute Gasteiger partial charge is 0.481 e. The van der Waals surface area contributed by atoms with Crippen molar-refractivity contribution in [2.24, 2.45) is 5.92 Å². The molecule has 1 N–H and O–H groups in total. The number of unbranched alkanes of at least 4 members (excludes halogenated alkanes) is 1. The van der Waals surface area contributed by atoms with Crippen LogP contribution in [0.15, 0.2) is 12.4 Å². The first kappa shape index (κ1) is 12.7. The third kappa shape index (κ3) is 3.08. The summed E-state index contributed by atoms with van der Waals surface area (Å²) < 4.78 is 4.19. The molecular weight excluding hydrogens is 204 g/mol. The molecule has 1 aromatic rings. The molecule has 0 radical (unpaired) electrons. The van der Waals surface area contributed by atoms with Gasteiger partial charge in [0.2, 0.25) is 0 Å². The van der Waals surface area contributed by atoms with Gasteiger partial charge in [-0.15, -0.1) is 0 Å². The Hall–Kier alpha value is -1.32. The SMILES string of the molecule is CCCCn1cc[n+](CC(C)C(=O)O)c1C. The van der Waals surface area contributed by atoms with Crippen LogP contribution in [0.3, 0.4) is 0 Å². The van der Waals surface area contributed by atoms with Crippen LogP contribution in [0.25, 0.3) is 0 Å². The smallest absolute Gasteiger partial charge is 0.310 e. The lowest BCUT2D eigenvalue weighted by molar-refractivity contribution is -0.706. The fourth-order valence-electron chi connectivity index (χ4n) is 1.67. The number of carboxylic acid groups (broad SMARTS) is 1. The Morgan fingerprint density at radius 1 is 1.62 bits per heavy atom. The predicted molar refractivity (Wildman–Crippen MR) is 61.1 cm³/mol. The first-order valence-corrected chi connectivity index (χ1v) is 5.84. The first-order valence-electron chi connectivity index (χ1n) is 5.84. The number of hydrogen-bond donors (Lipinski definition) is 1. The van der Waals surface area contributed by atoms with E-state index >= 15 is 0 Å². The average molecular weight is 225 g/mol. The van der Waals surface area contributed by atoms with Crippen LogP contribution in [0, 0.1) is 12.8 Å². The molecule has 0 spiro atoms. The topological polar surface area (TPSA) is 46.1 Å². The maximum atomic E-state index is 10.8. The molecule has 1 heterocycles. The van der Waals surface area contributed by atoms with Crippen LogP contribution in [0.2, 0.25) is 0 Å². The molecule has 0 aliphatic rings. The highest BCUT2D eigenvalue weighted by Gasteiger charge is 2.18. The molecule has 0 fully saturated rings. The monoisotopic (exact) mass is 225 g/mol. The van der Waals surface area contributed by atoms with Crippen molar-refractivity contribution >= 4 is 5.97 Å². The summed E-state index contributed by atoms with van der Waals surface area (Å²) in [6.45, 7) is 7.48. The van der Waals surface area contributed by atoms with Crippen molar-refractivity contribution in [2.75, 3.05) is 0 Å². The van der Waals surface area contributed by atoms with E-state index in [1.807, 2.05) is 23.9 Å². The highest BCUT2D eigenvalue weighted by molar-refractivity contribution is 5.69. The van der Waals surface area contributed by atoms with Crippen LogP contribution in [0.5, 0.6) is 0 Å². The van der Waals surface area contributed by atoms with Crippen molar-refractivity contribution < 1.29 is 14.5 Å². The first-order chi connectivity index (χ1) is 7.56.